The Hall–Kier alpha value is -3.45. The molecule has 0 spiro atoms. The van der Waals surface area contributed by atoms with Crippen LogP contribution in [0.25, 0.3) is 10.9 Å². The number of fused-ring (bicyclic) bond motifs is 1. The Bertz CT molecular complexity index is 1280. The van der Waals surface area contributed by atoms with Crippen LogP contribution in [0.5, 0.6) is 0 Å². The quantitative estimate of drug-likeness (QED) is 0.397. The van der Waals surface area contributed by atoms with Crippen molar-refractivity contribution in [3.8, 4) is 0 Å². The molecule has 0 saturated carbocycles. The normalized spacial score (nSPS) is 10.9. The van der Waals surface area contributed by atoms with Gasteiger partial charge in [0.25, 0.3) is 5.91 Å². The molecule has 0 aliphatic carbocycles. The van der Waals surface area contributed by atoms with E-state index < -0.39 is 11.8 Å². The van der Waals surface area contributed by atoms with Crippen LogP contribution < -0.4 is 5.32 Å². The van der Waals surface area contributed by atoms with Gasteiger partial charge in [-0.15, -0.1) is 0 Å². The van der Waals surface area contributed by atoms with E-state index in [0.717, 1.165) is 5.56 Å². The second kappa shape index (κ2) is 8.73. The van der Waals surface area contributed by atoms with Gasteiger partial charge in [-0.05, 0) is 63.5 Å². The minimum atomic E-state index is -1.09. The summed E-state index contributed by atoms with van der Waals surface area (Å²) in [5.41, 5.74) is 2.77. The highest BCUT2D eigenvalue weighted by Crippen LogP contribution is 2.24. The summed E-state index contributed by atoms with van der Waals surface area (Å²) in [5.74, 6) is -1.75. The number of carbonyl (C=O) groups is 2. The summed E-state index contributed by atoms with van der Waals surface area (Å²) in [4.78, 5) is 24.4. The van der Waals surface area contributed by atoms with Crippen molar-refractivity contribution in [2.45, 2.75) is 13.1 Å². The smallest absolute Gasteiger partial charge is 0.352 e. The molecule has 0 bridgehead atoms. The van der Waals surface area contributed by atoms with Gasteiger partial charge >= 0.3 is 5.97 Å². The Morgan fingerprint density at radius 3 is 2.45 bits per heavy atom. The number of nitrogens with one attached hydrogen (secondary N) is 1. The fraction of sp³-hybridized carbons (Fsp3) is 0.0833. The number of carboxylic acid groups (broad SMARTS) is 1. The maximum Gasteiger partial charge on any atom is 0.352 e. The van der Waals surface area contributed by atoms with Crippen molar-refractivity contribution in [1.82, 2.24) is 9.88 Å². The summed E-state index contributed by atoms with van der Waals surface area (Å²) in [6.45, 7) is 0.586. The fourth-order valence-corrected chi connectivity index (χ4v) is 3.71. The molecule has 1 amide bonds. The summed E-state index contributed by atoms with van der Waals surface area (Å²) in [6.07, 6.45) is 0. The van der Waals surface area contributed by atoms with Gasteiger partial charge in [-0.1, -0.05) is 36.4 Å². The van der Waals surface area contributed by atoms with E-state index in [1.807, 2.05) is 30.3 Å². The van der Waals surface area contributed by atoms with Crippen LogP contribution in [0.3, 0.4) is 0 Å². The van der Waals surface area contributed by atoms with Crippen LogP contribution in [0.4, 0.5) is 4.39 Å². The molecule has 0 fully saturated rings. The van der Waals surface area contributed by atoms with Crippen LogP contribution in [-0.2, 0) is 13.1 Å². The number of carbonyl (C=O) groups excluding carboxylic acids is 1. The predicted octanol–water partition coefficient (Wildman–Crippen LogP) is 5.22. The molecule has 156 valence electrons. The second-order valence-electron chi connectivity index (χ2n) is 7.11. The molecule has 1 aromatic heterocycles. The molecule has 5 nitrogen and oxygen atoms in total. The van der Waals surface area contributed by atoms with E-state index in [-0.39, 0.29) is 18.1 Å². The Balaban J connectivity index is 1.63. The lowest BCUT2D eigenvalue weighted by Crippen LogP contribution is -2.22. The molecule has 4 aromatic rings. The molecule has 0 radical (unpaired) electrons. The second-order valence-corrected chi connectivity index (χ2v) is 7.97. The molecule has 3 aromatic carbocycles. The first-order chi connectivity index (χ1) is 14.9. The fourth-order valence-electron chi connectivity index (χ4n) is 3.46. The van der Waals surface area contributed by atoms with Crippen molar-refractivity contribution in [1.29, 1.82) is 0 Å². The Labute approximate surface area is 186 Å². The molecule has 1 heterocycles. The topological polar surface area (TPSA) is 71.3 Å². The molecule has 0 atom stereocenters. The number of benzene rings is 3. The van der Waals surface area contributed by atoms with Crippen LogP contribution >= 0.6 is 15.9 Å². The lowest BCUT2D eigenvalue weighted by atomic mass is 10.1. The molecule has 0 unspecified atom stereocenters. The lowest BCUT2D eigenvalue weighted by Gasteiger charge is -2.10. The average Bonchev–Trinajstić information content (AvgIpc) is 3.13. The van der Waals surface area contributed by atoms with Crippen LogP contribution in [0.2, 0.25) is 0 Å². The van der Waals surface area contributed by atoms with Crippen LogP contribution in [0.15, 0.2) is 77.3 Å². The molecule has 7 heteroatoms. The number of nitrogens with zero attached hydrogens (tertiary/aromatic N) is 1. The van der Waals surface area contributed by atoms with Crippen molar-refractivity contribution in [2.75, 3.05) is 0 Å². The highest BCUT2D eigenvalue weighted by atomic mass is 79.9. The van der Waals surface area contributed by atoms with E-state index in [1.165, 1.54) is 12.1 Å². The molecule has 2 N–H and O–H groups in total. The number of rotatable bonds is 6. The monoisotopic (exact) mass is 480 g/mol. The first-order valence-electron chi connectivity index (χ1n) is 9.55. The molecule has 0 aliphatic heterocycles. The van der Waals surface area contributed by atoms with Crippen molar-refractivity contribution >= 4 is 38.7 Å². The van der Waals surface area contributed by atoms with E-state index in [9.17, 15) is 19.1 Å². The van der Waals surface area contributed by atoms with E-state index in [1.54, 1.807) is 34.9 Å². The third kappa shape index (κ3) is 4.51. The molecular formula is C24H18BrFN2O3. The van der Waals surface area contributed by atoms with Gasteiger partial charge in [0.1, 0.15) is 11.5 Å². The van der Waals surface area contributed by atoms with E-state index >= 15 is 0 Å². The first-order valence-corrected chi connectivity index (χ1v) is 10.3. The predicted molar refractivity (Wildman–Crippen MR) is 120 cm³/mol. The Morgan fingerprint density at radius 1 is 0.968 bits per heavy atom. The zero-order valence-electron chi connectivity index (χ0n) is 16.3. The van der Waals surface area contributed by atoms with Crippen molar-refractivity contribution in [3.05, 3.63) is 105 Å². The maximum absolute atomic E-state index is 13.9. The standard InChI is InChI=1S/C24H18BrFN2O3/c25-19-8-6-16(10-20(19)26)14-28-21-9-7-17(11-18(21)12-22(28)24(30)31)23(29)27-13-15-4-2-1-3-5-15/h1-12H,13-14H2,(H,27,29)(H,30,31). The van der Waals surface area contributed by atoms with Gasteiger partial charge in [-0.3, -0.25) is 4.79 Å². The summed E-state index contributed by atoms with van der Waals surface area (Å²) in [5, 5.41) is 13.1. The van der Waals surface area contributed by atoms with Gasteiger partial charge in [-0.25, -0.2) is 9.18 Å². The largest absolute Gasteiger partial charge is 0.477 e. The van der Waals surface area contributed by atoms with Crippen molar-refractivity contribution in [2.24, 2.45) is 0 Å². The van der Waals surface area contributed by atoms with Crippen molar-refractivity contribution < 1.29 is 19.1 Å². The number of aromatic carboxylic acids is 1. The first kappa shape index (κ1) is 20.8. The highest BCUT2D eigenvalue weighted by molar-refractivity contribution is 9.10. The minimum Gasteiger partial charge on any atom is -0.477 e. The number of hydrogen-bond donors (Lipinski definition) is 2. The number of amides is 1. The third-order valence-corrected chi connectivity index (χ3v) is 5.65. The third-order valence-electron chi connectivity index (χ3n) is 5.00. The molecule has 0 aliphatic rings. The maximum atomic E-state index is 13.9. The summed E-state index contributed by atoms with van der Waals surface area (Å²) in [7, 11) is 0. The Kier molecular flexibility index (Phi) is 5.86. The zero-order chi connectivity index (χ0) is 22.0. The molecular weight excluding hydrogens is 463 g/mol. The van der Waals surface area contributed by atoms with E-state index in [2.05, 4.69) is 21.2 Å². The van der Waals surface area contributed by atoms with Gasteiger partial charge in [0.2, 0.25) is 0 Å². The SMILES string of the molecule is O=C(NCc1ccccc1)c1ccc2c(c1)cc(C(=O)O)n2Cc1ccc(Br)c(F)c1. The van der Waals surface area contributed by atoms with Crippen molar-refractivity contribution in [3.63, 3.8) is 0 Å². The van der Waals surface area contributed by atoms with Crippen LogP contribution in [0.1, 0.15) is 32.0 Å². The average molecular weight is 481 g/mol. The van der Waals surface area contributed by atoms with Gasteiger partial charge in [0.15, 0.2) is 0 Å². The highest BCUT2D eigenvalue weighted by Gasteiger charge is 2.17. The number of halogens is 2. The molecule has 31 heavy (non-hydrogen) atoms. The van der Waals surface area contributed by atoms with Crippen LogP contribution in [0, 0.1) is 5.82 Å². The number of carboxylic acids is 1. The zero-order valence-corrected chi connectivity index (χ0v) is 17.9. The number of aromatic nitrogens is 1. The van der Waals surface area contributed by atoms with Gasteiger partial charge in [0.05, 0.1) is 4.47 Å². The van der Waals surface area contributed by atoms with Gasteiger partial charge in [0, 0.05) is 29.6 Å². The van der Waals surface area contributed by atoms with E-state index in [0.29, 0.717) is 33.0 Å². The minimum absolute atomic E-state index is 0.0696. The summed E-state index contributed by atoms with van der Waals surface area (Å²) >= 11 is 3.12. The van der Waals surface area contributed by atoms with Gasteiger partial charge in [-0.2, -0.15) is 0 Å². The summed E-state index contributed by atoms with van der Waals surface area (Å²) in [6, 6.07) is 20.8. The lowest BCUT2D eigenvalue weighted by molar-refractivity contribution is 0.0686. The van der Waals surface area contributed by atoms with E-state index in [4.69, 9.17) is 0 Å². The molecule has 0 saturated heterocycles. The summed E-state index contributed by atoms with van der Waals surface area (Å²) < 4.78 is 15.8. The van der Waals surface area contributed by atoms with Gasteiger partial charge < -0.3 is 15.0 Å². The number of hydrogen-bond acceptors (Lipinski definition) is 2. The molecule has 4 rings (SSSR count). The Morgan fingerprint density at radius 2 is 1.74 bits per heavy atom. The van der Waals surface area contributed by atoms with Crippen LogP contribution in [-0.4, -0.2) is 21.6 Å².